The second-order valence-electron chi connectivity index (χ2n) is 8.62. The second kappa shape index (κ2) is 9.71. The van der Waals surface area contributed by atoms with Gasteiger partial charge in [-0.2, -0.15) is 16.8 Å². The summed E-state index contributed by atoms with van der Waals surface area (Å²) in [6.45, 7) is 1.83. The summed E-state index contributed by atoms with van der Waals surface area (Å²) in [5.74, 6) is -0.930. The number of benzene rings is 3. The van der Waals surface area contributed by atoms with E-state index in [1.165, 1.54) is 15.5 Å². The fourth-order valence-electron chi connectivity index (χ4n) is 4.31. The summed E-state index contributed by atoms with van der Waals surface area (Å²) >= 11 is 6.09. The minimum absolute atomic E-state index is 0.107. The van der Waals surface area contributed by atoms with Crippen LogP contribution < -0.4 is 14.2 Å². The summed E-state index contributed by atoms with van der Waals surface area (Å²) in [4.78, 5) is 1.26. The number of rotatable bonds is 7. The van der Waals surface area contributed by atoms with E-state index in [9.17, 15) is 25.9 Å². The summed E-state index contributed by atoms with van der Waals surface area (Å²) < 4.78 is 79.8. The molecule has 1 aliphatic rings. The molecule has 0 bridgehead atoms. The van der Waals surface area contributed by atoms with Gasteiger partial charge in [0.2, 0.25) is 11.5 Å². The molecular weight excluding hydrogens is 556 g/mol. The lowest BCUT2D eigenvalue weighted by molar-refractivity contribution is -0.658. The molecule has 13 heteroatoms. The first kappa shape index (κ1) is 26.2. The molecule has 0 spiro atoms. The average molecular weight is 578 g/mol. The van der Waals surface area contributed by atoms with Crippen molar-refractivity contribution in [3.8, 4) is 5.75 Å². The Morgan fingerprint density at radius 1 is 1.05 bits per heavy atom. The van der Waals surface area contributed by atoms with E-state index in [1.807, 2.05) is 37.3 Å². The molecule has 3 aromatic carbocycles. The van der Waals surface area contributed by atoms with E-state index < -0.39 is 32.0 Å². The van der Waals surface area contributed by atoms with Crippen LogP contribution in [0.25, 0.3) is 27.9 Å². The minimum atomic E-state index is -4.45. The van der Waals surface area contributed by atoms with Crippen LogP contribution >= 0.6 is 11.6 Å². The molecular formula is C25H22ClN2O8S2+. The van der Waals surface area contributed by atoms with Crippen LogP contribution in [0.1, 0.15) is 19.2 Å². The predicted octanol–water partition coefficient (Wildman–Crippen LogP) is 4.75. The van der Waals surface area contributed by atoms with Crippen LogP contribution in [-0.2, 0) is 26.1 Å². The zero-order valence-electron chi connectivity index (χ0n) is 19.9. The molecule has 0 atom stereocenters. The van der Waals surface area contributed by atoms with Gasteiger partial charge in [-0.15, -0.1) is 4.57 Å². The molecule has 0 unspecified atom stereocenters. The summed E-state index contributed by atoms with van der Waals surface area (Å²) in [7, 11) is -8.88. The number of ether oxygens (including phenoxy) is 1. The number of allylic oxidation sites excluding steroid dienone is 2. The lowest BCUT2D eigenvalue weighted by Gasteiger charge is -2.16. The van der Waals surface area contributed by atoms with E-state index in [2.05, 4.69) is 0 Å². The van der Waals surface area contributed by atoms with Crippen molar-refractivity contribution in [2.45, 2.75) is 19.2 Å². The first-order chi connectivity index (χ1) is 17.9. The van der Waals surface area contributed by atoms with Gasteiger partial charge in [-0.3, -0.25) is 14.0 Å². The van der Waals surface area contributed by atoms with Crippen molar-refractivity contribution >= 4 is 65.5 Å². The molecule has 2 heterocycles. The van der Waals surface area contributed by atoms with Crippen LogP contribution in [-0.4, -0.2) is 31.8 Å². The molecule has 0 fully saturated rings. The topological polar surface area (TPSA) is 138 Å². The Bertz CT molecular complexity index is 1860. The molecule has 0 amide bonds. The number of aromatic nitrogens is 1. The van der Waals surface area contributed by atoms with Crippen LogP contribution in [0, 0.1) is 0 Å². The van der Waals surface area contributed by atoms with E-state index in [0.29, 0.717) is 39.6 Å². The van der Waals surface area contributed by atoms with Crippen molar-refractivity contribution in [3.05, 3.63) is 83.0 Å². The Hall–Kier alpha value is -3.42. The maximum Gasteiger partial charge on any atom is 0.375 e. The third kappa shape index (κ3) is 5.40. The van der Waals surface area contributed by atoms with Crippen LogP contribution in [0.5, 0.6) is 5.75 Å². The molecule has 2 N–H and O–H groups in total. The zero-order valence-corrected chi connectivity index (χ0v) is 22.3. The lowest BCUT2D eigenvalue weighted by atomic mass is 10.1. The van der Waals surface area contributed by atoms with E-state index in [0.717, 1.165) is 10.8 Å². The quantitative estimate of drug-likeness (QED) is 0.235. The summed E-state index contributed by atoms with van der Waals surface area (Å²) in [6, 6.07) is 15.6. The Balaban J connectivity index is 1.66. The lowest BCUT2D eigenvalue weighted by Crippen LogP contribution is -2.39. The van der Waals surface area contributed by atoms with Crippen molar-refractivity contribution in [2.75, 3.05) is 10.8 Å². The Morgan fingerprint density at radius 2 is 1.82 bits per heavy atom. The minimum Gasteiger partial charge on any atom is -0.439 e. The maximum atomic E-state index is 11.9. The second-order valence-corrected chi connectivity index (χ2v) is 11.9. The largest absolute Gasteiger partial charge is 0.439 e. The molecule has 0 aliphatic carbocycles. The fourth-order valence-corrected chi connectivity index (χ4v) is 5.66. The highest BCUT2D eigenvalue weighted by atomic mass is 35.5. The molecule has 10 nitrogen and oxygen atoms in total. The Kier molecular flexibility index (Phi) is 6.70. The Labute approximate surface area is 223 Å². The highest BCUT2D eigenvalue weighted by Crippen LogP contribution is 2.41. The van der Waals surface area contributed by atoms with E-state index >= 15 is 0 Å². The smallest absolute Gasteiger partial charge is 0.375 e. The highest BCUT2D eigenvalue weighted by molar-refractivity contribution is 7.85. The molecule has 1 aromatic heterocycles. The van der Waals surface area contributed by atoms with Crippen LogP contribution in [0.2, 0.25) is 5.02 Å². The van der Waals surface area contributed by atoms with Gasteiger partial charge < -0.3 is 9.15 Å². The normalized spacial score (nSPS) is 15.4. The average Bonchev–Trinajstić information content (AvgIpc) is 3.34. The van der Waals surface area contributed by atoms with Gasteiger partial charge in [0.25, 0.3) is 21.5 Å². The molecule has 5 rings (SSSR count). The number of anilines is 1. The number of hydrogen-bond acceptors (Lipinski definition) is 7. The molecule has 0 saturated heterocycles. The summed E-state index contributed by atoms with van der Waals surface area (Å²) in [6.07, 6.45) is 3.55. The van der Waals surface area contributed by atoms with Gasteiger partial charge >= 0.3 is 16.0 Å². The van der Waals surface area contributed by atoms with Crippen LogP contribution in [0.4, 0.5) is 5.69 Å². The zero-order chi connectivity index (χ0) is 27.2. The third-order valence-electron chi connectivity index (χ3n) is 5.92. The third-order valence-corrected chi connectivity index (χ3v) is 7.32. The van der Waals surface area contributed by atoms with Gasteiger partial charge in [-0.05, 0) is 47.7 Å². The molecule has 4 aromatic rings. The van der Waals surface area contributed by atoms with Crippen LogP contribution in [0.3, 0.4) is 0 Å². The summed E-state index contributed by atoms with van der Waals surface area (Å²) in [5.41, 5.74) is 1.83. The van der Waals surface area contributed by atoms with E-state index in [1.54, 1.807) is 30.4 Å². The first-order valence-electron chi connectivity index (χ1n) is 11.3. The molecule has 38 heavy (non-hydrogen) atoms. The number of nitrogens with zero attached hydrogens (tertiary/aromatic N) is 2. The van der Waals surface area contributed by atoms with E-state index in [4.69, 9.17) is 20.8 Å². The van der Waals surface area contributed by atoms with Crippen LogP contribution in [0.15, 0.2) is 76.5 Å². The van der Waals surface area contributed by atoms with Crippen molar-refractivity contribution < 1.29 is 39.7 Å². The van der Waals surface area contributed by atoms with Gasteiger partial charge in [0.15, 0.2) is 11.6 Å². The van der Waals surface area contributed by atoms with Gasteiger partial charge in [-0.25, -0.2) is 0 Å². The monoisotopic (exact) mass is 577 g/mol. The van der Waals surface area contributed by atoms with E-state index in [-0.39, 0.29) is 11.8 Å². The maximum absolute atomic E-state index is 11.9. The number of fused-ring (bicyclic) bond motifs is 4. The number of oxazole rings is 1. The first-order valence-corrected chi connectivity index (χ1v) is 14.9. The molecule has 0 saturated carbocycles. The van der Waals surface area contributed by atoms with Gasteiger partial charge in [0.1, 0.15) is 0 Å². The van der Waals surface area contributed by atoms with Crippen molar-refractivity contribution in [1.82, 2.24) is 0 Å². The molecule has 198 valence electrons. The fraction of sp³-hybridized carbons (Fsp3) is 0.160. The standard InChI is InChI=1S/C25H21ClN2O8S2/c1-2-16(11-23-27(14-37(29,30)31)20-13-18(26)8-10-21(20)35-23)12-24-28(15-38(32,33)34)25-19-6-4-3-5-17(19)7-9-22(25)36-24/h3-13H,2,14-15H2,1H3,(H-,29,30,31,32,33,34)/p+1. The van der Waals surface area contributed by atoms with Crippen molar-refractivity contribution in [2.24, 2.45) is 0 Å². The van der Waals surface area contributed by atoms with Crippen molar-refractivity contribution in [3.63, 3.8) is 0 Å². The van der Waals surface area contributed by atoms with Crippen molar-refractivity contribution in [1.29, 1.82) is 0 Å². The number of hydrogen-bond donors (Lipinski definition) is 2. The number of halogens is 1. The Morgan fingerprint density at radius 3 is 2.53 bits per heavy atom. The predicted molar refractivity (Wildman–Crippen MR) is 143 cm³/mol. The molecule has 1 aliphatic heterocycles. The summed E-state index contributed by atoms with van der Waals surface area (Å²) in [5, 5.41) is 1.94. The van der Waals surface area contributed by atoms with Gasteiger partial charge in [0, 0.05) is 11.1 Å². The van der Waals surface area contributed by atoms with Gasteiger partial charge in [0.05, 0.1) is 17.1 Å². The highest BCUT2D eigenvalue weighted by Gasteiger charge is 2.31. The SMILES string of the molecule is CCC(=Cc1oc2ccc3ccccc3c2[n+]1CS(=O)(=O)O)C=C1Oc2ccc(Cl)cc2N1CS(=O)(=O)O. The molecule has 0 radical (unpaired) electrons. The van der Waals surface area contributed by atoms with Gasteiger partial charge in [-0.1, -0.05) is 42.8 Å².